The number of benzene rings is 4. The highest BCUT2D eigenvalue weighted by atomic mass is 35.5. The molecule has 13 heteroatoms. The molecule has 0 amide bonds. The van der Waals surface area contributed by atoms with Crippen molar-refractivity contribution in [3.05, 3.63) is 117 Å². The van der Waals surface area contributed by atoms with Crippen molar-refractivity contribution in [2.45, 2.75) is 83.6 Å². The number of aryl methyl sites for hydroxylation is 2. The number of ketones is 2. The normalized spacial score (nSPS) is 18.9. The topological polar surface area (TPSA) is 81.4 Å². The second-order valence-electron chi connectivity index (χ2n) is 17.2. The van der Waals surface area contributed by atoms with Crippen molar-refractivity contribution >= 4 is 73.9 Å². The second-order valence-corrected chi connectivity index (χ2v) is 18.4. The molecule has 9 rings (SSSR count). The summed E-state index contributed by atoms with van der Waals surface area (Å²) in [6, 6.07) is 26.5. The molecule has 0 spiro atoms. The number of piperidine rings is 1. The van der Waals surface area contributed by atoms with Gasteiger partial charge in [-0.15, -0.1) is 0 Å². The molecule has 10 nitrogen and oxygen atoms in total. The number of ether oxygens (including phenoxy) is 3. The van der Waals surface area contributed by atoms with Crippen molar-refractivity contribution in [2.75, 3.05) is 58.4 Å². The number of Topliss-reactive ketones (excluding diaryl/α,β-unsaturated/α-hetero) is 2. The van der Waals surface area contributed by atoms with E-state index in [1.807, 2.05) is 91.3 Å². The lowest BCUT2D eigenvalue weighted by Gasteiger charge is -2.39. The maximum atomic E-state index is 12.2. The van der Waals surface area contributed by atoms with Crippen LogP contribution in [0.4, 0.5) is 5.69 Å². The molecule has 0 radical (unpaired) electrons. The van der Waals surface area contributed by atoms with Crippen molar-refractivity contribution in [1.29, 1.82) is 0 Å². The quantitative estimate of drug-likeness (QED) is 0.0942. The lowest BCUT2D eigenvalue weighted by atomic mass is 9.99. The first-order chi connectivity index (χ1) is 31.0. The molecule has 2 bridgehead atoms. The molecular weight excluding hydrogens is 869 g/mol. The Labute approximate surface area is 391 Å². The average molecular weight is 927 g/mol. The molecular formula is C51H58Cl3N5O5. The summed E-state index contributed by atoms with van der Waals surface area (Å²) in [6.45, 7) is 10.8. The van der Waals surface area contributed by atoms with Gasteiger partial charge in [-0.05, 0) is 107 Å². The van der Waals surface area contributed by atoms with E-state index < -0.39 is 0 Å². The molecule has 338 valence electrons. The number of rotatable bonds is 15. The number of piperazine rings is 1. The summed E-state index contributed by atoms with van der Waals surface area (Å²) in [5.74, 6) is 2.70. The maximum Gasteiger partial charge on any atom is 0.161 e. The summed E-state index contributed by atoms with van der Waals surface area (Å²) < 4.78 is 21.8. The number of anilines is 1. The third-order valence-corrected chi connectivity index (χ3v) is 14.3. The van der Waals surface area contributed by atoms with Crippen LogP contribution >= 0.6 is 34.8 Å². The molecule has 2 atom stereocenters. The smallest absolute Gasteiger partial charge is 0.161 e. The zero-order valence-corrected chi connectivity index (χ0v) is 39.5. The van der Waals surface area contributed by atoms with Gasteiger partial charge in [-0.25, -0.2) is 0 Å². The summed E-state index contributed by atoms with van der Waals surface area (Å²) in [7, 11) is 3.36. The van der Waals surface area contributed by atoms with Crippen LogP contribution < -0.4 is 19.1 Å². The van der Waals surface area contributed by atoms with Crippen LogP contribution in [-0.2, 0) is 13.1 Å². The molecule has 3 aliphatic heterocycles. The molecule has 2 unspecified atom stereocenters. The average Bonchev–Trinajstić information content (AvgIpc) is 3.94. The summed E-state index contributed by atoms with van der Waals surface area (Å²) in [5.41, 5.74) is 4.54. The Hall–Kier alpha value is -4.71. The zero-order chi connectivity index (χ0) is 44.9. The number of aromatic nitrogens is 2. The predicted octanol–water partition coefficient (Wildman–Crippen LogP) is 11.3. The van der Waals surface area contributed by atoms with Crippen molar-refractivity contribution in [2.24, 2.45) is 0 Å². The molecule has 3 aliphatic rings. The molecule has 0 aliphatic carbocycles. The number of carbonyl (C=O) groups is 2. The Morgan fingerprint density at radius 2 is 1.17 bits per heavy atom. The van der Waals surface area contributed by atoms with Crippen LogP contribution in [0, 0.1) is 0 Å². The minimum absolute atomic E-state index is 0.0767. The summed E-state index contributed by atoms with van der Waals surface area (Å²) in [6.07, 6.45) is 10.9. The largest absolute Gasteiger partial charge is 0.495 e. The first-order valence-electron chi connectivity index (χ1n) is 22.5. The molecule has 64 heavy (non-hydrogen) atoms. The minimum Gasteiger partial charge on any atom is -0.495 e. The number of hydrogen-bond acceptors (Lipinski definition) is 8. The van der Waals surface area contributed by atoms with E-state index in [1.165, 1.54) is 12.8 Å². The molecule has 4 aromatic carbocycles. The highest BCUT2D eigenvalue weighted by Gasteiger charge is 2.41. The highest BCUT2D eigenvalue weighted by molar-refractivity contribution is 6.43. The fraction of sp³-hybridized carbons (Fsp3) is 0.412. The molecule has 2 aromatic heterocycles. The third-order valence-electron chi connectivity index (χ3n) is 13.2. The van der Waals surface area contributed by atoms with E-state index in [0.717, 1.165) is 139 Å². The van der Waals surface area contributed by atoms with Gasteiger partial charge in [-0.1, -0.05) is 65.1 Å². The van der Waals surface area contributed by atoms with Crippen LogP contribution in [0.3, 0.4) is 0 Å². The first kappa shape index (κ1) is 45.8. The fourth-order valence-electron chi connectivity index (χ4n) is 10.1. The van der Waals surface area contributed by atoms with Crippen molar-refractivity contribution in [3.8, 4) is 17.2 Å². The Morgan fingerprint density at radius 1 is 0.641 bits per heavy atom. The van der Waals surface area contributed by atoms with E-state index in [0.29, 0.717) is 22.1 Å². The van der Waals surface area contributed by atoms with E-state index in [2.05, 4.69) is 23.8 Å². The van der Waals surface area contributed by atoms with E-state index >= 15 is 0 Å². The molecule has 0 saturated carbocycles. The van der Waals surface area contributed by atoms with E-state index in [-0.39, 0.29) is 17.7 Å². The Kier molecular flexibility index (Phi) is 14.8. The first-order valence-corrected chi connectivity index (χ1v) is 23.6. The van der Waals surface area contributed by atoms with Gasteiger partial charge in [-0.2, -0.15) is 0 Å². The van der Waals surface area contributed by atoms with Gasteiger partial charge in [0.15, 0.2) is 11.6 Å². The molecule has 0 N–H and O–H groups in total. The van der Waals surface area contributed by atoms with Gasteiger partial charge in [0.2, 0.25) is 0 Å². The van der Waals surface area contributed by atoms with Gasteiger partial charge in [0.25, 0.3) is 0 Å². The minimum atomic E-state index is 0.0767. The van der Waals surface area contributed by atoms with E-state index in [9.17, 15) is 9.59 Å². The summed E-state index contributed by atoms with van der Waals surface area (Å²) >= 11 is 18.6. The number of carbonyl (C=O) groups excluding carboxylic acids is 2. The predicted molar refractivity (Wildman–Crippen MR) is 260 cm³/mol. The lowest BCUT2D eigenvalue weighted by Crippen LogP contribution is -2.46. The number of hydrogen-bond donors (Lipinski definition) is 0. The van der Waals surface area contributed by atoms with Crippen LogP contribution in [-0.4, -0.2) is 102 Å². The molecule has 6 aromatic rings. The third kappa shape index (κ3) is 10.1. The zero-order valence-electron chi connectivity index (χ0n) is 37.2. The molecule has 3 fully saturated rings. The van der Waals surface area contributed by atoms with Crippen molar-refractivity contribution in [3.63, 3.8) is 0 Å². The monoisotopic (exact) mass is 925 g/mol. The van der Waals surface area contributed by atoms with Crippen LogP contribution in [0.15, 0.2) is 91.3 Å². The van der Waals surface area contributed by atoms with Crippen molar-refractivity contribution < 1.29 is 23.8 Å². The number of halogens is 3. The number of methoxy groups -OCH3 is 2. The Morgan fingerprint density at radius 3 is 1.70 bits per heavy atom. The van der Waals surface area contributed by atoms with E-state index in [4.69, 9.17) is 49.0 Å². The van der Waals surface area contributed by atoms with Gasteiger partial charge in [0, 0.05) is 97.2 Å². The standard InChI is InChI=1S/C27H31ClN2O3.C24H27Cl2N3O2/c1-18(31)25-17-29(27-24(25)5-3-6-26(27)32-2)13-4-14-30-20-9-10-21(30)16-23(15-20)33-22-11-7-19(28)8-12-22;1-17(30)19-16-29(24-18(19)6-3-9-22(24)31-2)11-5-10-27-12-14-28(15-13-27)21-8-4-7-20(25)23(21)26/h3,5-8,11-12,17,20-21,23H,4,9-10,13-16H2,1-2H3;3-4,6-9,16H,5,10-15H2,1-2H3. The van der Waals surface area contributed by atoms with Crippen LogP contribution in [0.5, 0.6) is 17.2 Å². The van der Waals surface area contributed by atoms with Crippen LogP contribution in [0.1, 0.15) is 73.1 Å². The van der Waals surface area contributed by atoms with Gasteiger partial charge in [0.05, 0.1) is 41.0 Å². The van der Waals surface area contributed by atoms with Crippen LogP contribution in [0.25, 0.3) is 21.8 Å². The van der Waals surface area contributed by atoms with Crippen LogP contribution in [0.2, 0.25) is 15.1 Å². The second kappa shape index (κ2) is 20.6. The van der Waals surface area contributed by atoms with Gasteiger partial charge >= 0.3 is 0 Å². The Bertz CT molecular complexity index is 2570. The summed E-state index contributed by atoms with van der Waals surface area (Å²) in [5, 5.41) is 3.90. The molecule has 5 heterocycles. The van der Waals surface area contributed by atoms with Crippen molar-refractivity contribution in [1.82, 2.24) is 18.9 Å². The fourth-order valence-corrected chi connectivity index (χ4v) is 10.7. The van der Waals surface area contributed by atoms with Gasteiger partial charge in [-0.3, -0.25) is 19.4 Å². The number of nitrogens with zero attached hydrogens (tertiary/aromatic N) is 5. The van der Waals surface area contributed by atoms with Gasteiger partial charge in [0.1, 0.15) is 23.4 Å². The SMILES string of the molecule is COc1cccc2c(C(C)=O)cn(CCCN3C4CCC3CC(Oc3ccc(Cl)cc3)C4)c12.COc1cccc2c(C(C)=O)cn(CCCN3CCN(c4cccc(Cl)c4Cl)CC3)c12. The number of fused-ring (bicyclic) bond motifs is 4. The Balaban J connectivity index is 0.000000175. The highest BCUT2D eigenvalue weighted by Crippen LogP contribution is 2.38. The summed E-state index contributed by atoms with van der Waals surface area (Å²) in [4.78, 5) is 31.8. The van der Waals surface area contributed by atoms with Gasteiger partial charge < -0.3 is 28.2 Å². The number of para-hydroxylation sites is 2. The molecule has 3 saturated heterocycles. The maximum absolute atomic E-state index is 12.2. The lowest BCUT2D eigenvalue weighted by molar-refractivity contribution is 0.0482. The van der Waals surface area contributed by atoms with E-state index in [1.54, 1.807) is 28.1 Å².